The van der Waals surface area contributed by atoms with Crippen LogP contribution >= 0.6 is 0 Å². The number of rotatable bonds is 16. The molecule has 240 valence electrons. The minimum Gasteiger partial charge on any atom is -0.494 e. The fraction of sp³-hybridized carbons (Fsp3) is 0.649. The lowest BCUT2D eigenvalue weighted by molar-refractivity contribution is -0.149. The van der Waals surface area contributed by atoms with Crippen molar-refractivity contribution in [2.45, 2.75) is 103 Å². The first-order chi connectivity index (χ1) is 21.1. The lowest BCUT2D eigenvalue weighted by Crippen LogP contribution is -2.44. The molecule has 6 nitrogen and oxygen atoms in total. The highest BCUT2D eigenvalue weighted by atomic mass is 16.5. The summed E-state index contributed by atoms with van der Waals surface area (Å²) in [6.45, 7) is 13.2. The van der Waals surface area contributed by atoms with Crippen LogP contribution in [0.4, 0.5) is 0 Å². The Kier molecular flexibility index (Phi) is 17.2. The number of ether oxygens (including phenoxy) is 3. The molecule has 0 radical (unpaired) electrons. The van der Waals surface area contributed by atoms with E-state index in [2.05, 4.69) is 23.6 Å². The van der Waals surface area contributed by atoms with Gasteiger partial charge in [0.05, 0.1) is 25.7 Å². The molecule has 0 aromatic heterocycles. The Morgan fingerprint density at radius 1 is 0.698 bits per heavy atom. The zero-order valence-electron chi connectivity index (χ0n) is 27.3. The number of carbonyl (C=O) groups is 1. The van der Waals surface area contributed by atoms with E-state index in [4.69, 9.17) is 14.2 Å². The van der Waals surface area contributed by atoms with Crippen LogP contribution in [0.3, 0.4) is 0 Å². The number of nitrogens with zero attached hydrogens (tertiary/aromatic N) is 2. The van der Waals surface area contributed by atoms with Gasteiger partial charge in [-0.3, -0.25) is 9.69 Å². The molecule has 0 bridgehead atoms. The third kappa shape index (κ3) is 14.2. The SMILES string of the molecule is CCOC(=O)C1CCN(CCCCCOc2ccccc2)CC1.C[C@@H]1CCC[C@H](C)N1CCCCCOc1ccccc1. The van der Waals surface area contributed by atoms with Crippen molar-refractivity contribution >= 4 is 5.97 Å². The Labute approximate surface area is 262 Å². The lowest BCUT2D eigenvalue weighted by atomic mass is 9.97. The van der Waals surface area contributed by atoms with E-state index in [1.165, 1.54) is 51.5 Å². The van der Waals surface area contributed by atoms with Crippen molar-refractivity contribution in [1.29, 1.82) is 0 Å². The molecular formula is C37H58N2O4. The minimum absolute atomic E-state index is 0.00906. The van der Waals surface area contributed by atoms with Crippen molar-refractivity contribution in [3.05, 3.63) is 60.7 Å². The maximum Gasteiger partial charge on any atom is 0.309 e. The molecule has 0 unspecified atom stereocenters. The number of unbranched alkanes of at least 4 members (excludes halogenated alkanes) is 4. The van der Waals surface area contributed by atoms with Gasteiger partial charge in [-0.25, -0.2) is 0 Å². The van der Waals surface area contributed by atoms with Crippen LogP contribution in [-0.4, -0.2) is 73.9 Å². The van der Waals surface area contributed by atoms with Crippen molar-refractivity contribution in [3.8, 4) is 11.5 Å². The zero-order valence-corrected chi connectivity index (χ0v) is 27.3. The summed E-state index contributed by atoms with van der Waals surface area (Å²) in [5.41, 5.74) is 0. The summed E-state index contributed by atoms with van der Waals surface area (Å²) < 4.78 is 16.5. The van der Waals surface area contributed by atoms with Crippen LogP contribution in [0.2, 0.25) is 0 Å². The second-order valence-corrected chi connectivity index (χ2v) is 12.2. The van der Waals surface area contributed by atoms with Gasteiger partial charge in [0.15, 0.2) is 0 Å². The summed E-state index contributed by atoms with van der Waals surface area (Å²) >= 11 is 0. The quantitative estimate of drug-likeness (QED) is 0.145. The number of benzene rings is 2. The molecule has 0 aliphatic carbocycles. The van der Waals surface area contributed by atoms with Crippen molar-refractivity contribution in [2.75, 3.05) is 46.0 Å². The fourth-order valence-corrected chi connectivity index (χ4v) is 6.17. The summed E-state index contributed by atoms with van der Waals surface area (Å²) in [5.74, 6) is 2.05. The molecule has 2 aromatic rings. The summed E-state index contributed by atoms with van der Waals surface area (Å²) in [6, 6.07) is 21.6. The second-order valence-electron chi connectivity index (χ2n) is 12.2. The van der Waals surface area contributed by atoms with Gasteiger partial charge >= 0.3 is 5.97 Å². The monoisotopic (exact) mass is 594 g/mol. The predicted molar refractivity (Wildman–Crippen MR) is 177 cm³/mol. The Hall–Kier alpha value is -2.57. The molecule has 2 heterocycles. The zero-order chi connectivity index (χ0) is 30.5. The summed E-state index contributed by atoms with van der Waals surface area (Å²) in [5, 5.41) is 0. The van der Waals surface area contributed by atoms with Gasteiger partial charge in [-0.1, -0.05) is 42.8 Å². The number of likely N-dealkylation sites (tertiary alicyclic amines) is 2. The summed E-state index contributed by atoms with van der Waals surface area (Å²) in [6.07, 6.45) is 13.2. The van der Waals surface area contributed by atoms with E-state index in [1.807, 2.05) is 67.6 Å². The van der Waals surface area contributed by atoms with Crippen LogP contribution in [0.25, 0.3) is 0 Å². The normalized spacial score (nSPS) is 19.7. The van der Waals surface area contributed by atoms with E-state index in [1.54, 1.807) is 0 Å². The topological polar surface area (TPSA) is 51.2 Å². The molecule has 2 saturated heterocycles. The summed E-state index contributed by atoms with van der Waals surface area (Å²) in [4.78, 5) is 16.9. The fourth-order valence-electron chi connectivity index (χ4n) is 6.17. The van der Waals surface area contributed by atoms with Crippen LogP contribution in [0.5, 0.6) is 11.5 Å². The Bertz CT molecular complexity index is 955. The first kappa shape index (κ1) is 34.9. The van der Waals surface area contributed by atoms with Crippen LogP contribution in [0.1, 0.15) is 91.4 Å². The average molecular weight is 595 g/mol. The standard InChI is InChI=1S/C19H29NO3.C18H29NO/c1-2-22-19(21)17-11-14-20(15-12-17)13-7-4-8-16-23-18-9-5-3-6-10-18;1-16-10-9-11-17(2)19(16)14-7-4-8-15-20-18-12-5-3-6-13-18/h3,5-6,9-10,17H,2,4,7-8,11-16H2,1H3;3,5-6,12-13,16-17H,4,7-11,14-15H2,1-2H3/t;16-,17+. The van der Waals surface area contributed by atoms with Crippen LogP contribution in [-0.2, 0) is 9.53 Å². The van der Waals surface area contributed by atoms with E-state index >= 15 is 0 Å². The van der Waals surface area contributed by atoms with Crippen molar-refractivity contribution in [3.63, 3.8) is 0 Å². The van der Waals surface area contributed by atoms with Gasteiger partial charge in [-0.15, -0.1) is 0 Å². The van der Waals surface area contributed by atoms with Crippen molar-refractivity contribution < 1.29 is 19.0 Å². The molecule has 2 aliphatic rings. The Morgan fingerprint density at radius 2 is 1.21 bits per heavy atom. The molecule has 2 aromatic carbocycles. The van der Waals surface area contributed by atoms with Crippen molar-refractivity contribution in [2.24, 2.45) is 5.92 Å². The molecule has 2 fully saturated rings. The van der Waals surface area contributed by atoms with E-state index in [9.17, 15) is 4.79 Å². The molecule has 2 atom stereocenters. The molecule has 2 aliphatic heterocycles. The van der Waals surface area contributed by atoms with Gasteiger partial charge in [-0.2, -0.15) is 0 Å². The van der Waals surface area contributed by atoms with Crippen LogP contribution < -0.4 is 9.47 Å². The largest absolute Gasteiger partial charge is 0.494 e. The molecule has 0 spiro atoms. The van der Waals surface area contributed by atoms with Gasteiger partial charge in [0, 0.05) is 12.1 Å². The highest BCUT2D eigenvalue weighted by molar-refractivity contribution is 5.72. The first-order valence-corrected chi connectivity index (χ1v) is 17.1. The number of hydrogen-bond acceptors (Lipinski definition) is 6. The molecular weight excluding hydrogens is 536 g/mol. The molecule has 0 N–H and O–H groups in total. The number of carbonyl (C=O) groups excluding carboxylic acids is 1. The predicted octanol–water partition coefficient (Wildman–Crippen LogP) is 8.01. The van der Waals surface area contributed by atoms with E-state index in [0.29, 0.717) is 6.61 Å². The second kappa shape index (κ2) is 21.2. The third-order valence-corrected chi connectivity index (χ3v) is 8.79. The van der Waals surface area contributed by atoms with E-state index in [-0.39, 0.29) is 11.9 Å². The molecule has 4 rings (SSSR count). The lowest BCUT2D eigenvalue weighted by Gasteiger charge is -2.39. The molecule has 0 saturated carbocycles. The summed E-state index contributed by atoms with van der Waals surface area (Å²) in [7, 11) is 0. The number of hydrogen-bond donors (Lipinski definition) is 0. The Balaban J connectivity index is 0.000000238. The third-order valence-electron chi connectivity index (χ3n) is 8.79. The highest BCUT2D eigenvalue weighted by Crippen LogP contribution is 2.23. The van der Waals surface area contributed by atoms with Crippen molar-refractivity contribution in [1.82, 2.24) is 9.80 Å². The van der Waals surface area contributed by atoms with Gasteiger partial charge < -0.3 is 19.1 Å². The smallest absolute Gasteiger partial charge is 0.309 e. The van der Waals surface area contributed by atoms with E-state index in [0.717, 1.165) is 82.1 Å². The Morgan fingerprint density at radius 3 is 1.72 bits per heavy atom. The van der Waals surface area contributed by atoms with Gasteiger partial charge in [-0.05, 0) is 135 Å². The van der Waals surface area contributed by atoms with Gasteiger partial charge in [0.1, 0.15) is 11.5 Å². The van der Waals surface area contributed by atoms with Crippen LogP contribution in [0.15, 0.2) is 60.7 Å². The minimum atomic E-state index is -0.00906. The van der Waals surface area contributed by atoms with Gasteiger partial charge in [0.2, 0.25) is 0 Å². The molecule has 0 amide bonds. The number of esters is 1. The maximum absolute atomic E-state index is 11.7. The van der Waals surface area contributed by atoms with Gasteiger partial charge in [0.25, 0.3) is 0 Å². The maximum atomic E-state index is 11.7. The number of para-hydroxylation sites is 2. The highest BCUT2D eigenvalue weighted by Gasteiger charge is 2.25. The van der Waals surface area contributed by atoms with E-state index < -0.39 is 0 Å². The first-order valence-electron chi connectivity index (χ1n) is 17.1. The molecule has 6 heteroatoms. The molecule has 43 heavy (non-hydrogen) atoms. The van der Waals surface area contributed by atoms with Crippen LogP contribution in [0, 0.1) is 5.92 Å². The number of piperidine rings is 2. The average Bonchev–Trinajstić information content (AvgIpc) is 3.03.